The van der Waals surface area contributed by atoms with Crippen LogP contribution in [0.5, 0.6) is 17.2 Å². The third-order valence-corrected chi connectivity index (χ3v) is 4.15. The summed E-state index contributed by atoms with van der Waals surface area (Å²) in [5, 5.41) is 0.237. The first kappa shape index (κ1) is 19.0. The Labute approximate surface area is 151 Å². The van der Waals surface area contributed by atoms with Crippen LogP contribution in [0, 0.1) is 0 Å². The zero-order valence-corrected chi connectivity index (χ0v) is 15.3. The standard InChI is InChI=1S/C17H21ClN2O5/c1-22-11-6-5-9(15(23-2)16(11)24-3)12-10(7-8-19)20-14(13(12)18)17(21)25-4/h5-6,20H,7-8,19H2,1-4H3. The van der Waals surface area contributed by atoms with Crippen molar-refractivity contribution in [1.82, 2.24) is 4.98 Å². The zero-order chi connectivity index (χ0) is 18.6. The molecule has 0 saturated carbocycles. The number of ether oxygens (including phenoxy) is 4. The summed E-state index contributed by atoms with van der Waals surface area (Å²) in [5.74, 6) is 0.827. The summed E-state index contributed by atoms with van der Waals surface area (Å²) in [6.07, 6.45) is 0.490. The number of halogens is 1. The molecular formula is C17H21ClN2O5. The van der Waals surface area contributed by atoms with Crippen LogP contribution in [-0.2, 0) is 11.2 Å². The lowest BCUT2D eigenvalue weighted by Gasteiger charge is -2.16. The second kappa shape index (κ2) is 8.13. The molecule has 25 heavy (non-hydrogen) atoms. The fourth-order valence-corrected chi connectivity index (χ4v) is 3.02. The van der Waals surface area contributed by atoms with Crippen molar-refractivity contribution in [1.29, 1.82) is 0 Å². The van der Waals surface area contributed by atoms with E-state index < -0.39 is 5.97 Å². The SMILES string of the molecule is COC(=O)c1[nH]c(CCN)c(-c2ccc(OC)c(OC)c2OC)c1Cl. The van der Waals surface area contributed by atoms with Gasteiger partial charge < -0.3 is 29.7 Å². The Morgan fingerprint density at radius 1 is 1.12 bits per heavy atom. The van der Waals surface area contributed by atoms with E-state index in [1.54, 1.807) is 12.1 Å². The highest BCUT2D eigenvalue weighted by Gasteiger charge is 2.26. The van der Waals surface area contributed by atoms with Crippen molar-refractivity contribution in [2.45, 2.75) is 6.42 Å². The molecule has 0 fully saturated rings. The largest absolute Gasteiger partial charge is 0.493 e. The quantitative estimate of drug-likeness (QED) is 0.729. The molecule has 2 rings (SSSR count). The van der Waals surface area contributed by atoms with Crippen molar-refractivity contribution in [3.05, 3.63) is 28.5 Å². The van der Waals surface area contributed by atoms with E-state index in [0.29, 0.717) is 47.0 Å². The van der Waals surface area contributed by atoms with Crippen molar-refractivity contribution in [3.8, 4) is 28.4 Å². The van der Waals surface area contributed by atoms with Crippen LogP contribution in [0.4, 0.5) is 0 Å². The number of H-pyrrole nitrogens is 1. The molecule has 0 atom stereocenters. The number of esters is 1. The minimum absolute atomic E-state index is 0.166. The molecule has 0 aliphatic carbocycles. The van der Waals surface area contributed by atoms with E-state index in [9.17, 15) is 4.79 Å². The smallest absolute Gasteiger partial charge is 0.356 e. The molecular weight excluding hydrogens is 348 g/mol. The molecule has 0 aliphatic rings. The van der Waals surface area contributed by atoms with Crippen LogP contribution in [0.15, 0.2) is 12.1 Å². The highest BCUT2D eigenvalue weighted by molar-refractivity contribution is 6.36. The lowest BCUT2D eigenvalue weighted by Crippen LogP contribution is -2.06. The number of aromatic nitrogens is 1. The van der Waals surface area contributed by atoms with Gasteiger partial charge >= 0.3 is 5.97 Å². The maximum atomic E-state index is 12.0. The van der Waals surface area contributed by atoms with Gasteiger partial charge in [-0.3, -0.25) is 0 Å². The number of hydrogen-bond acceptors (Lipinski definition) is 6. The van der Waals surface area contributed by atoms with E-state index in [0.717, 1.165) is 0 Å². The zero-order valence-electron chi connectivity index (χ0n) is 14.6. The van der Waals surface area contributed by atoms with Crippen LogP contribution >= 0.6 is 11.6 Å². The summed E-state index contributed by atoms with van der Waals surface area (Å²) < 4.78 is 21.0. The van der Waals surface area contributed by atoms with E-state index in [2.05, 4.69) is 4.98 Å². The van der Waals surface area contributed by atoms with Crippen molar-refractivity contribution >= 4 is 17.6 Å². The second-order valence-electron chi connectivity index (χ2n) is 5.08. The summed E-state index contributed by atoms with van der Waals surface area (Å²) in [6.45, 7) is 0.375. The molecule has 136 valence electrons. The Bertz CT molecular complexity index is 773. The molecule has 8 heteroatoms. The van der Waals surface area contributed by atoms with E-state index in [-0.39, 0.29) is 10.7 Å². The second-order valence-corrected chi connectivity index (χ2v) is 5.46. The van der Waals surface area contributed by atoms with E-state index >= 15 is 0 Å². The van der Waals surface area contributed by atoms with E-state index in [1.165, 1.54) is 28.4 Å². The van der Waals surface area contributed by atoms with Crippen molar-refractivity contribution in [2.24, 2.45) is 5.73 Å². The fourth-order valence-electron chi connectivity index (χ4n) is 2.68. The van der Waals surface area contributed by atoms with E-state index in [4.69, 9.17) is 36.3 Å². The monoisotopic (exact) mass is 368 g/mol. The lowest BCUT2D eigenvalue weighted by atomic mass is 10.0. The molecule has 2 aromatic rings. The van der Waals surface area contributed by atoms with Gasteiger partial charge in [0.2, 0.25) is 5.75 Å². The number of hydrogen-bond donors (Lipinski definition) is 2. The minimum atomic E-state index is -0.561. The fraction of sp³-hybridized carbons (Fsp3) is 0.353. The first-order valence-corrected chi connectivity index (χ1v) is 7.89. The predicted molar refractivity (Wildman–Crippen MR) is 95.0 cm³/mol. The Kier molecular flexibility index (Phi) is 6.17. The Hall–Kier alpha value is -2.38. The van der Waals surface area contributed by atoms with Gasteiger partial charge in [0.05, 0.1) is 33.5 Å². The molecule has 1 aromatic heterocycles. The number of benzene rings is 1. The molecule has 0 amide bonds. The molecule has 0 spiro atoms. The first-order valence-electron chi connectivity index (χ1n) is 7.52. The average Bonchev–Trinajstić information content (AvgIpc) is 2.95. The molecule has 0 unspecified atom stereocenters. The molecule has 0 aliphatic heterocycles. The molecule has 3 N–H and O–H groups in total. The lowest BCUT2D eigenvalue weighted by molar-refractivity contribution is 0.0595. The number of carbonyl (C=O) groups is 1. The molecule has 0 saturated heterocycles. The summed E-state index contributed by atoms with van der Waals surface area (Å²) in [5.41, 5.74) is 7.83. The van der Waals surface area contributed by atoms with Crippen molar-refractivity contribution in [2.75, 3.05) is 35.0 Å². The van der Waals surface area contributed by atoms with Gasteiger partial charge in [0.15, 0.2) is 11.5 Å². The third kappa shape index (κ3) is 3.38. The van der Waals surface area contributed by atoms with Gasteiger partial charge in [0.1, 0.15) is 5.69 Å². The molecule has 1 heterocycles. The van der Waals surface area contributed by atoms with Crippen LogP contribution in [0.1, 0.15) is 16.2 Å². The van der Waals surface area contributed by atoms with Gasteiger partial charge in [-0.05, 0) is 18.7 Å². The summed E-state index contributed by atoms with van der Waals surface area (Å²) in [4.78, 5) is 15.0. The van der Waals surface area contributed by atoms with Gasteiger partial charge in [0.25, 0.3) is 0 Å². The van der Waals surface area contributed by atoms with Gasteiger partial charge in [-0.15, -0.1) is 0 Å². The Morgan fingerprint density at radius 2 is 1.80 bits per heavy atom. The summed E-state index contributed by atoms with van der Waals surface area (Å²) >= 11 is 6.47. The molecule has 1 aromatic carbocycles. The Balaban J connectivity index is 2.77. The van der Waals surface area contributed by atoms with Crippen molar-refractivity contribution in [3.63, 3.8) is 0 Å². The number of nitrogens with one attached hydrogen (secondary N) is 1. The number of aromatic amines is 1. The molecule has 0 radical (unpaired) electrons. The van der Waals surface area contributed by atoms with Gasteiger partial charge in [-0.1, -0.05) is 11.6 Å². The normalized spacial score (nSPS) is 10.5. The highest BCUT2D eigenvalue weighted by Crippen LogP contribution is 2.47. The van der Waals surface area contributed by atoms with Crippen LogP contribution in [-0.4, -0.2) is 45.9 Å². The molecule has 7 nitrogen and oxygen atoms in total. The topological polar surface area (TPSA) is 95.8 Å². The van der Waals surface area contributed by atoms with Crippen molar-refractivity contribution < 1.29 is 23.7 Å². The summed E-state index contributed by atoms with van der Waals surface area (Å²) in [7, 11) is 5.86. The van der Waals surface area contributed by atoms with Crippen LogP contribution < -0.4 is 19.9 Å². The van der Waals surface area contributed by atoms with Gasteiger partial charge in [-0.25, -0.2) is 4.79 Å². The number of nitrogens with two attached hydrogens (primary N) is 1. The Morgan fingerprint density at radius 3 is 2.32 bits per heavy atom. The maximum Gasteiger partial charge on any atom is 0.356 e. The number of methoxy groups -OCH3 is 4. The first-order chi connectivity index (χ1) is 12.0. The van der Waals surface area contributed by atoms with E-state index in [1.807, 2.05) is 0 Å². The van der Waals surface area contributed by atoms with Crippen LogP contribution in [0.25, 0.3) is 11.1 Å². The third-order valence-electron chi connectivity index (χ3n) is 3.77. The average molecular weight is 369 g/mol. The predicted octanol–water partition coefficient (Wildman–Crippen LogP) is 2.65. The number of rotatable bonds is 7. The van der Waals surface area contributed by atoms with Crippen LogP contribution in [0.2, 0.25) is 5.02 Å². The number of carbonyl (C=O) groups excluding carboxylic acids is 1. The maximum absolute atomic E-state index is 12.0. The minimum Gasteiger partial charge on any atom is -0.493 e. The van der Waals surface area contributed by atoms with Crippen LogP contribution in [0.3, 0.4) is 0 Å². The van der Waals surface area contributed by atoms with Gasteiger partial charge in [0, 0.05) is 23.2 Å². The van der Waals surface area contributed by atoms with Gasteiger partial charge in [-0.2, -0.15) is 0 Å². The summed E-state index contributed by atoms with van der Waals surface area (Å²) in [6, 6.07) is 3.53. The highest BCUT2D eigenvalue weighted by atomic mass is 35.5. The molecule has 0 bridgehead atoms.